The van der Waals surface area contributed by atoms with E-state index >= 15 is 0 Å². The molecular formula is C9H15NOS. The van der Waals surface area contributed by atoms with Crippen molar-refractivity contribution in [1.29, 1.82) is 0 Å². The molecule has 0 bridgehead atoms. The molecule has 1 aliphatic carbocycles. The van der Waals surface area contributed by atoms with Crippen LogP contribution in [0, 0.1) is 5.92 Å². The second-order valence-corrected chi connectivity index (χ2v) is 4.23. The molecule has 0 unspecified atom stereocenters. The van der Waals surface area contributed by atoms with Crippen LogP contribution in [-0.4, -0.2) is 24.2 Å². The van der Waals surface area contributed by atoms with E-state index in [1.165, 1.54) is 25.7 Å². The first-order chi connectivity index (χ1) is 5.86. The van der Waals surface area contributed by atoms with E-state index < -0.39 is 0 Å². The molecule has 0 aromatic heterocycles. The molecule has 1 saturated carbocycles. The Morgan fingerprint density at radius 3 is 3.08 bits per heavy atom. The van der Waals surface area contributed by atoms with Crippen molar-refractivity contribution in [2.24, 2.45) is 5.92 Å². The SMILES string of the molecule is S=C1COC[C@H]2CCCC[C@@H]2N1. The first kappa shape index (κ1) is 8.45. The van der Waals surface area contributed by atoms with Gasteiger partial charge >= 0.3 is 0 Å². The molecule has 0 spiro atoms. The third-order valence-corrected chi connectivity index (χ3v) is 3.06. The largest absolute Gasteiger partial charge is 0.375 e. The monoisotopic (exact) mass is 185 g/mol. The van der Waals surface area contributed by atoms with Gasteiger partial charge in [0.1, 0.15) is 4.99 Å². The van der Waals surface area contributed by atoms with Gasteiger partial charge in [-0.25, -0.2) is 0 Å². The molecular weight excluding hydrogens is 170 g/mol. The van der Waals surface area contributed by atoms with E-state index in [2.05, 4.69) is 5.32 Å². The second kappa shape index (κ2) is 3.71. The zero-order valence-corrected chi connectivity index (χ0v) is 8.03. The molecule has 68 valence electrons. The lowest BCUT2D eigenvalue weighted by molar-refractivity contribution is 0.113. The minimum atomic E-state index is 0.605. The number of hydrogen-bond donors (Lipinski definition) is 1. The highest BCUT2D eigenvalue weighted by atomic mass is 32.1. The number of fused-ring (bicyclic) bond motifs is 1. The Morgan fingerprint density at radius 1 is 1.33 bits per heavy atom. The van der Waals surface area contributed by atoms with Crippen molar-refractivity contribution >= 4 is 17.2 Å². The molecule has 0 amide bonds. The molecule has 2 atom stereocenters. The molecule has 0 radical (unpaired) electrons. The summed E-state index contributed by atoms with van der Waals surface area (Å²) in [5, 5.41) is 3.39. The van der Waals surface area contributed by atoms with Crippen molar-refractivity contribution in [3.63, 3.8) is 0 Å². The predicted molar refractivity (Wildman–Crippen MR) is 52.3 cm³/mol. The van der Waals surface area contributed by atoms with Gasteiger partial charge in [-0.15, -0.1) is 0 Å². The van der Waals surface area contributed by atoms with E-state index in [4.69, 9.17) is 17.0 Å². The lowest BCUT2D eigenvalue weighted by Gasteiger charge is -2.29. The Labute approximate surface area is 78.7 Å². The van der Waals surface area contributed by atoms with E-state index in [1.54, 1.807) is 0 Å². The fourth-order valence-electron chi connectivity index (χ4n) is 2.15. The molecule has 2 nitrogen and oxygen atoms in total. The van der Waals surface area contributed by atoms with E-state index in [0.29, 0.717) is 18.6 Å². The van der Waals surface area contributed by atoms with Crippen molar-refractivity contribution in [3.8, 4) is 0 Å². The molecule has 1 N–H and O–H groups in total. The standard InChI is InChI=1S/C9H15NOS/c12-9-6-11-5-7-3-1-2-4-8(7)10-9/h7-8H,1-6H2,(H,10,12)/t7-,8+/m1/s1. The normalized spacial score (nSPS) is 36.5. The number of rotatable bonds is 0. The Bertz CT molecular complexity index is 183. The van der Waals surface area contributed by atoms with Crippen LogP contribution in [0.5, 0.6) is 0 Å². The van der Waals surface area contributed by atoms with Crippen LogP contribution in [0.4, 0.5) is 0 Å². The molecule has 1 aliphatic heterocycles. The molecule has 0 aromatic rings. The third-order valence-electron chi connectivity index (χ3n) is 2.82. The molecule has 3 heteroatoms. The lowest BCUT2D eigenvalue weighted by atomic mass is 9.85. The van der Waals surface area contributed by atoms with Gasteiger partial charge in [-0.1, -0.05) is 25.1 Å². The number of hydrogen-bond acceptors (Lipinski definition) is 2. The number of ether oxygens (including phenoxy) is 1. The van der Waals surface area contributed by atoms with E-state index in [9.17, 15) is 0 Å². The summed E-state index contributed by atoms with van der Waals surface area (Å²) in [4.78, 5) is 0.893. The third kappa shape index (κ3) is 1.77. The van der Waals surface area contributed by atoms with E-state index in [-0.39, 0.29) is 0 Å². The minimum absolute atomic E-state index is 0.605. The van der Waals surface area contributed by atoms with Gasteiger partial charge in [-0.2, -0.15) is 0 Å². The lowest BCUT2D eigenvalue weighted by Crippen LogP contribution is -2.40. The van der Waals surface area contributed by atoms with Crippen LogP contribution >= 0.6 is 12.2 Å². The second-order valence-electron chi connectivity index (χ2n) is 3.73. The molecule has 0 aromatic carbocycles. The zero-order chi connectivity index (χ0) is 8.39. The summed E-state index contributed by atoms with van der Waals surface area (Å²) in [7, 11) is 0. The smallest absolute Gasteiger partial charge is 0.102 e. The zero-order valence-electron chi connectivity index (χ0n) is 7.21. The topological polar surface area (TPSA) is 21.3 Å². The Balaban J connectivity index is 2.01. The molecule has 2 aliphatic rings. The van der Waals surface area contributed by atoms with E-state index in [1.807, 2.05) is 0 Å². The molecule has 2 fully saturated rings. The van der Waals surface area contributed by atoms with Crippen molar-refractivity contribution in [1.82, 2.24) is 5.32 Å². The van der Waals surface area contributed by atoms with E-state index in [0.717, 1.165) is 11.6 Å². The maximum absolute atomic E-state index is 5.47. The summed E-state index contributed by atoms with van der Waals surface area (Å²) in [5.41, 5.74) is 0. The summed E-state index contributed by atoms with van der Waals surface area (Å²) < 4.78 is 5.47. The maximum Gasteiger partial charge on any atom is 0.102 e. The molecule has 1 saturated heterocycles. The average molecular weight is 185 g/mol. The highest BCUT2D eigenvalue weighted by Gasteiger charge is 2.27. The van der Waals surface area contributed by atoms with Gasteiger partial charge in [0.2, 0.25) is 0 Å². The van der Waals surface area contributed by atoms with Crippen LogP contribution in [0.3, 0.4) is 0 Å². The van der Waals surface area contributed by atoms with Crippen LogP contribution in [0.25, 0.3) is 0 Å². The van der Waals surface area contributed by atoms with Crippen LogP contribution in [0.15, 0.2) is 0 Å². The average Bonchev–Trinajstić information content (AvgIpc) is 2.25. The Hall–Kier alpha value is -0.150. The van der Waals surface area contributed by atoms with Crippen molar-refractivity contribution in [3.05, 3.63) is 0 Å². The first-order valence-corrected chi connectivity index (χ1v) is 5.14. The van der Waals surface area contributed by atoms with Crippen LogP contribution in [-0.2, 0) is 4.74 Å². The van der Waals surface area contributed by atoms with Gasteiger partial charge in [-0.3, -0.25) is 0 Å². The fourth-order valence-corrected chi connectivity index (χ4v) is 2.38. The van der Waals surface area contributed by atoms with Gasteiger partial charge in [0, 0.05) is 12.0 Å². The van der Waals surface area contributed by atoms with Gasteiger partial charge < -0.3 is 10.1 Å². The van der Waals surface area contributed by atoms with Crippen molar-refractivity contribution < 1.29 is 4.74 Å². The van der Waals surface area contributed by atoms with Gasteiger partial charge in [0.05, 0.1) is 13.2 Å². The number of thiocarbonyl (C=S) groups is 1. The quantitative estimate of drug-likeness (QED) is 0.578. The maximum atomic E-state index is 5.47. The molecule has 1 heterocycles. The summed E-state index contributed by atoms with van der Waals surface area (Å²) in [5.74, 6) is 0.708. The summed E-state index contributed by atoms with van der Waals surface area (Å²) in [6, 6.07) is 0.605. The highest BCUT2D eigenvalue weighted by Crippen LogP contribution is 2.25. The summed E-state index contributed by atoms with van der Waals surface area (Å²) in [6.45, 7) is 1.53. The summed E-state index contributed by atoms with van der Waals surface area (Å²) >= 11 is 5.12. The summed E-state index contributed by atoms with van der Waals surface area (Å²) in [6.07, 6.45) is 5.28. The fraction of sp³-hybridized carbons (Fsp3) is 0.889. The van der Waals surface area contributed by atoms with Crippen LogP contribution in [0.2, 0.25) is 0 Å². The van der Waals surface area contributed by atoms with Crippen LogP contribution < -0.4 is 5.32 Å². The van der Waals surface area contributed by atoms with Gasteiger partial charge in [0.15, 0.2) is 0 Å². The molecule has 12 heavy (non-hydrogen) atoms. The number of nitrogens with one attached hydrogen (secondary N) is 1. The van der Waals surface area contributed by atoms with Gasteiger partial charge in [0.25, 0.3) is 0 Å². The van der Waals surface area contributed by atoms with Crippen molar-refractivity contribution in [2.45, 2.75) is 31.7 Å². The molecule has 2 rings (SSSR count). The minimum Gasteiger partial charge on any atom is -0.375 e. The Morgan fingerprint density at radius 2 is 2.17 bits per heavy atom. The van der Waals surface area contributed by atoms with Crippen LogP contribution in [0.1, 0.15) is 25.7 Å². The predicted octanol–water partition coefficient (Wildman–Crippen LogP) is 1.49. The first-order valence-electron chi connectivity index (χ1n) is 4.73. The van der Waals surface area contributed by atoms with Crippen molar-refractivity contribution in [2.75, 3.05) is 13.2 Å². The highest BCUT2D eigenvalue weighted by molar-refractivity contribution is 7.80. The Kier molecular flexibility index (Phi) is 2.61. The van der Waals surface area contributed by atoms with Gasteiger partial charge in [-0.05, 0) is 12.8 Å².